The standard InChI is InChI=1S/C19H15BrN2O3/c1-11-3-6-14-15(7-4-12(2)23)19(21-17(14)9-11)16-10-13(20)5-8-18(16)22(24)25/h3-10,21H,1-2H3/b7-4+. The van der Waals surface area contributed by atoms with Gasteiger partial charge in [-0.05, 0) is 49.8 Å². The summed E-state index contributed by atoms with van der Waals surface area (Å²) < 4.78 is 0.740. The number of fused-ring (bicyclic) bond motifs is 1. The van der Waals surface area contributed by atoms with E-state index in [4.69, 9.17) is 0 Å². The number of carbonyl (C=O) groups is 1. The van der Waals surface area contributed by atoms with Gasteiger partial charge < -0.3 is 4.98 Å². The number of ketones is 1. The second kappa shape index (κ2) is 6.64. The van der Waals surface area contributed by atoms with E-state index in [0.29, 0.717) is 11.3 Å². The van der Waals surface area contributed by atoms with E-state index in [9.17, 15) is 14.9 Å². The molecule has 0 fully saturated rings. The van der Waals surface area contributed by atoms with Crippen LogP contribution in [0.4, 0.5) is 5.69 Å². The fraction of sp³-hybridized carbons (Fsp3) is 0.105. The number of H-pyrrole nitrogens is 1. The van der Waals surface area contributed by atoms with Crippen LogP contribution in [0.25, 0.3) is 28.2 Å². The lowest BCUT2D eigenvalue weighted by atomic mass is 10.0. The molecule has 3 rings (SSSR count). The molecule has 126 valence electrons. The summed E-state index contributed by atoms with van der Waals surface area (Å²) in [5.41, 5.74) is 3.79. The van der Waals surface area contributed by atoms with Gasteiger partial charge in [0.2, 0.25) is 0 Å². The van der Waals surface area contributed by atoms with Crippen LogP contribution in [0.2, 0.25) is 0 Å². The van der Waals surface area contributed by atoms with Gasteiger partial charge >= 0.3 is 0 Å². The van der Waals surface area contributed by atoms with E-state index in [1.165, 1.54) is 19.1 Å². The molecule has 0 spiro atoms. The van der Waals surface area contributed by atoms with Gasteiger partial charge in [0, 0.05) is 27.0 Å². The fourth-order valence-corrected chi connectivity index (χ4v) is 3.15. The molecule has 5 nitrogen and oxygen atoms in total. The zero-order valence-corrected chi connectivity index (χ0v) is 15.3. The Bertz CT molecular complexity index is 1030. The molecule has 0 saturated heterocycles. The number of aromatic nitrogens is 1. The summed E-state index contributed by atoms with van der Waals surface area (Å²) in [5, 5.41) is 12.4. The van der Waals surface area contributed by atoms with E-state index >= 15 is 0 Å². The number of carbonyl (C=O) groups excluding carboxylic acids is 1. The lowest BCUT2D eigenvalue weighted by Crippen LogP contribution is -1.93. The van der Waals surface area contributed by atoms with E-state index < -0.39 is 4.92 Å². The van der Waals surface area contributed by atoms with Crippen molar-refractivity contribution in [2.45, 2.75) is 13.8 Å². The normalized spacial score (nSPS) is 11.3. The Morgan fingerprint density at radius 3 is 2.68 bits per heavy atom. The molecule has 1 heterocycles. The minimum absolute atomic E-state index is 0.00366. The van der Waals surface area contributed by atoms with Crippen molar-refractivity contribution in [1.29, 1.82) is 0 Å². The average molecular weight is 399 g/mol. The molecule has 3 aromatic rings. The highest BCUT2D eigenvalue weighted by atomic mass is 79.9. The third-order valence-corrected chi connectivity index (χ3v) is 4.40. The first kappa shape index (κ1) is 17.1. The SMILES string of the molecule is CC(=O)/C=C/c1c(-c2cc(Br)ccc2[N+](=O)[O-])[nH]c2cc(C)ccc12. The summed E-state index contributed by atoms with van der Waals surface area (Å²) in [6, 6.07) is 10.7. The van der Waals surface area contributed by atoms with E-state index in [0.717, 1.165) is 26.5 Å². The molecule has 0 saturated carbocycles. The van der Waals surface area contributed by atoms with Crippen LogP contribution in [0.3, 0.4) is 0 Å². The molecule has 0 unspecified atom stereocenters. The predicted octanol–water partition coefficient (Wildman–Crippen LogP) is 5.42. The second-order valence-corrected chi connectivity index (χ2v) is 6.74. The van der Waals surface area contributed by atoms with Crippen molar-refractivity contribution in [1.82, 2.24) is 4.98 Å². The van der Waals surface area contributed by atoms with Crippen LogP contribution in [-0.4, -0.2) is 15.7 Å². The molecule has 0 radical (unpaired) electrons. The lowest BCUT2D eigenvalue weighted by Gasteiger charge is -2.04. The quantitative estimate of drug-likeness (QED) is 0.362. The van der Waals surface area contributed by atoms with Crippen molar-refractivity contribution in [3.63, 3.8) is 0 Å². The minimum atomic E-state index is -0.406. The van der Waals surface area contributed by atoms with Gasteiger partial charge in [0.15, 0.2) is 5.78 Å². The molecule has 0 aliphatic heterocycles. The molecule has 25 heavy (non-hydrogen) atoms. The summed E-state index contributed by atoms with van der Waals surface area (Å²) in [6.07, 6.45) is 3.17. The van der Waals surface area contributed by atoms with Gasteiger partial charge in [-0.3, -0.25) is 14.9 Å². The smallest absolute Gasteiger partial charge is 0.278 e. The number of nitro groups is 1. The first-order chi connectivity index (χ1) is 11.9. The second-order valence-electron chi connectivity index (χ2n) is 5.83. The highest BCUT2D eigenvalue weighted by Gasteiger charge is 2.20. The minimum Gasteiger partial charge on any atom is -0.354 e. The molecule has 0 aliphatic carbocycles. The molecule has 2 aromatic carbocycles. The molecule has 0 aliphatic rings. The Morgan fingerprint density at radius 1 is 1.24 bits per heavy atom. The van der Waals surface area contributed by atoms with Crippen LogP contribution in [0.1, 0.15) is 18.1 Å². The number of nitrogens with one attached hydrogen (secondary N) is 1. The summed E-state index contributed by atoms with van der Waals surface area (Å²) >= 11 is 3.38. The van der Waals surface area contributed by atoms with Gasteiger partial charge in [-0.15, -0.1) is 0 Å². The van der Waals surface area contributed by atoms with Crippen molar-refractivity contribution in [3.05, 3.63) is 68.2 Å². The molecule has 6 heteroatoms. The van der Waals surface area contributed by atoms with E-state index in [-0.39, 0.29) is 11.5 Å². The molecule has 0 atom stereocenters. The molecular formula is C19H15BrN2O3. The lowest BCUT2D eigenvalue weighted by molar-refractivity contribution is -0.384. The number of allylic oxidation sites excluding steroid dienone is 1. The van der Waals surface area contributed by atoms with E-state index in [1.54, 1.807) is 18.2 Å². The van der Waals surface area contributed by atoms with Crippen LogP contribution in [0, 0.1) is 17.0 Å². The highest BCUT2D eigenvalue weighted by molar-refractivity contribution is 9.10. The van der Waals surface area contributed by atoms with Crippen LogP contribution < -0.4 is 0 Å². The zero-order valence-electron chi connectivity index (χ0n) is 13.7. The topological polar surface area (TPSA) is 76.0 Å². The Labute approximate surface area is 152 Å². The summed E-state index contributed by atoms with van der Waals surface area (Å²) in [7, 11) is 0. The van der Waals surface area contributed by atoms with Crippen LogP contribution >= 0.6 is 15.9 Å². The Morgan fingerprint density at radius 2 is 2.00 bits per heavy atom. The Balaban J connectivity index is 2.36. The maximum absolute atomic E-state index is 11.5. The third-order valence-electron chi connectivity index (χ3n) is 3.90. The molecular weight excluding hydrogens is 384 g/mol. The first-order valence-electron chi connectivity index (χ1n) is 7.62. The van der Waals surface area contributed by atoms with Crippen molar-refractivity contribution < 1.29 is 9.72 Å². The maximum atomic E-state index is 11.5. The number of aryl methyl sites for hydroxylation is 1. The van der Waals surface area contributed by atoms with Gasteiger partial charge in [0.05, 0.1) is 16.2 Å². The molecule has 0 bridgehead atoms. The monoisotopic (exact) mass is 398 g/mol. The number of aromatic amines is 1. The molecule has 1 aromatic heterocycles. The summed E-state index contributed by atoms with van der Waals surface area (Å²) in [5.74, 6) is -0.0869. The number of nitrogens with zero attached hydrogens (tertiary/aromatic N) is 1. The molecule has 1 N–H and O–H groups in total. The predicted molar refractivity (Wildman–Crippen MR) is 103 cm³/mol. The van der Waals surface area contributed by atoms with Gasteiger partial charge in [0.1, 0.15) is 0 Å². The van der Waals surface area contributed by atoms with Crippen molar-refractivity contribution >= 4 is 44.4 Å². The number of nitro benzene ring substituents is 1. The summed E-state index contributed by atoms with van der Waals surface area (Å²) in [4.78, 5) is 25.7. The van der Waals surface area contributed by atoms with Crippen LogP contribution in [-0.2, 0) is 4.79 Å². The first-order valence-corrected chi connectivity index (χ1v) is 8.41. The highest BCUT2D eigenvalue weighted by Crippen LogP contribution is 2.38. The van der Waals surface area contributed by atoms with Crippen molar-refractivity contribution in [3.8, 4) is 11.3 Å². The van der Waals surface area contributed by atoms with Crippen molar-refractivity contribution in [2.24, 2.45) is 0 Å². The number of hydrogen-bond acceptors (Lipinski definition) is 3. The molecule has 0 amide bonds. The Kier molecular flexibility index (Phi) is 4.55. The fourth-order valence-electron chi connectivity index (χ4n) is 2.79. The Hall–Kier alpha value is -2.73. The zero-order chi connectivity index (χ0) is 18.1. The van der Waals surface area contributed by atoms with Crippen LogP contribution in [0.5, 0.6) is 0 Å². The maximum Gasteiger partial charge on any atom is 0.278 e. The van der Waals surface area contributed by atoms with Gasteiger partial charge in [-0.25, -0.2) is 0 Å². The number of benzene rings is 2. The number of rotatable bonds is 4. The van der Waals surface area contributed by atoms with Crippen molar-refractivity contribution in [2.75, 3.05) is 0 Å². The average Bonchev–Trinajstić information content (AvgIpc) is 2.89. The van der Waals surface area contributed by atoms with Gasteiger partial charge in [-0.2, -0.15) is 0 Å². The number of hydrogen-bond donors (Lipinski definition) is 1. The van der Waals surface area contributed by atoms with E-state index in [1.807, 2.05) is 25.1 Å². The number of halogens is 1. The largest absolute Gasteiger partial charge is 0.354 e. The van der Waals surface area contributed by atoms with Crippen LogP contribution in [0.15, 0.2) is 46.9 Å². The third kappa shape index (κ3) is 3.39. The van der Waals surface area contributed by atoms with Gasteiger partial charge in [-0.1, -0.05) is 28.1 Å². The van der Waals surface area contributed by atoms with E-state index in [2.05, 4.69) is 20.9 Å². The van der Waals surface area contributed by atoms with Gasteiger partial charge in [0.25, 0.3) is 5.69 Å². The summed E-state index contributed by atoms with van der Waals surface area (Å²) in [6.45, 7) is 3.45.